The third-order valence-electron chi connectivity index (χ3n) is 2.33. The molecule has 1 heterocycles. The summed E-state index contributed by atoms with van der Waals surface area (Å²) in [6.07, 6.45) is 1.33. The van der Waals surface area contributed by atoms with Crippen molar-refractivity contribution in [3.05, 3.63) is 47.4 Å². The molecule has 2 rings (SSSR count). The number of rotatable bonds is 3. The minimum atomic E-state index is -0.644. The van der Waals surface area contributed by atoms with E-state index in [1.165, 1.54) is 6.33 Å². The lowest BCUT2D eigenvalue weighted by molar-refractivity contribution is 0.0994. The Morgan fingerprint density at radius 3 is 2.67 bits per heavy atom. The molecule has 1 aromatic carbocycles. The van der Waals surface area contributed by atoms with Crippen molar-refractivity contribution in [3.63, 3.8) is 0 Å². The van der Waals surface area contributed by atoms with Crippen LogP contribution in [0.3, 0.4) is 0 Å². The normalized spacial score (nSPS) is 10.1. The van der Waals surface area contributed by atoms with E-state index in [0.717, 1.165) is 11.1 Å². The van der Waals surface area contributed by atoms with Crippen LogP contribution in [0.5, 0.6) is 5.88 Å². The number of aromatic nitrogens is 2. The highest BCUT2D eigenvalue weighted by Crippen LogP contribution is 2.15. The average molecular weight is 261 g/mol. The lowest BCUT2D eigenvalue weighted by Crippen LogP contribution is -2.15. The minimum Gasteiger partial charge on any atom is -0.424 e. The first kappa shape index (κ1) is 12.3. The van der Waals surface area contributed by atoms with Gasteiger partial charge in [0, 0.05) is 5.56 Å². The second-order valence-corrected chi connectivity index (χ2v) is 4.07. The predicted octanol–water partition coefficient (Wildman–Crippen LogP) is 1.57. The monoisotopic (exact) mass is 261 g/mol. The van der Waals surface area contributed by atoms with Gasteiger partial charge in [0.2, 0.25) is 0 Å². The van der Waals surface area contributed by atoms with Gasteiger partial charge in [-0.3, -0.25) is 4.79 Å². The molecule has 0 aliphatic rings. The Morgan fingerprint density at radius 2 is 2.06 bits per heavy atom. The fourth-order valence-corrected chi connectivity index (χ4v) is 1.59. The van der Waals surface area contributed by atoms with Crippen LogP contribution in [-0.4, -0.2) is 20.9 Å². The molecule has 18 heavy (non-hydrogen) atoms. The Morgan fingerprint density at radius 1 is 1.39 bits per heavy atom. The molecule has 1 aromatic heterocycles. The lowest BCUT2D eigenvalue weighted by atomic mass is 10.2. The molecule has 5 nitrogen and oxygen atoms in total. The molecule has 0 saturated carbocycles. The van der Waals surface area contributed by atoms with Gasteiger partial charge in [-0.1, -0.05) is 29.8 Å². The minimum absolute atomic E-state index is 0.0908. The van der Waals surface area contributed by atoms with Crippen LogP contribution < -0.4 is 10.5 Å². The Kier molecular flexibility index (Phi) is 3.38. The smallest absolute Gasteiger partial charge is 0.270 e. The Bertz CT molecular complexity index is 590. The number of hydrogen-bond acceptors (Lipinski definition) is 4. The molecule has 1 amide bonds. The number of nitrogens with two attached hydrogens (primary N) is 1. The number of nitrogens with one attached hydrogen (secondary N) is 1. The standard InChI is InChI=1S/C12H11N3O2S/c1-7-2-4-8(5-3-7)12(18)17-11-9(10(13)16)14-6-15-11/h2-6H,1H3,(H2,13,16)(H,14,15). The zero-order chi connectivity index (χ0) is 13.1. The summed E-state index contributed by atoms with van der Waals surface area (Å²) in [4.78, 5) is 17.5. The summed E-state index contributed by atoms with van der Waals surface area (Å²) in [5.74, 6) is -0.553. The van der Waals surface area contributed by atoms with Crippen molar-refractivity contribution in [1.29, 1.82) is 0 Å². The van der Waals surface area contributed by atoms with Gasteiger partial charge in [-0.25, -0.2) is 4.98 Å². The first-order chi connectivity index (χ1) is 8.58. The number of amides is 1. The van der Waals surface area contributed by atoms with Gasteiger partial charge in [-0.2, -0.15) is 0 Å². The number of aromatic amines is 1. The zero-order valence-electron chi connectivity index (χ0n) is 9.64. The SMILES string of the molecule is Cc1ccc(C(=S)Oc2nc[nH]c2C(N)=O)cc1. The van der Waals surface area contributed by atoms with Crippen molar-refractivity contribution in [1.82, 2.24) is 9.97 Å². The van der Waals surface area contributed by atoms with Gasteiger partial charge in [-0.15, -0.1) is 0 Å². The molecule has 0 aliphatic heterocycles. The van der Waals surface area contributed by atoms with E-state index in [1.807, 2.05) is 31.2 Å². The molecule has 0 bridgehead atoms. The number of aryl methyl sites for hydroxylation is 1. The molecule has 2 aromatic rings. The van der Waals surface area contributed by atoms with E-state index in [4.69, 9.17) is 22.7 Å². The van der Waals surface area contributed by atoms with Gasteiger partial charge < -0.3 is 15.5 Å². The number of nitrogens with zero attached hydrogens (tertiary/aromatic N) is 1. The number of imidazole rings is 1. The van der Waals surface area contributed by atoms with Gasteiger partial charge in [0.1, 0.15) is 0 Å². The Balaban J connectivity index is 2.19. The molecule has 0 atom stereocenters. The van der Waals surface area contributed by atoms with E-state index in [1.54, 1.807) is 0 Å². The van der Waals surface area contributed by atoms with Gasteiger partial charge in [0.15, 0.2) is 10.7 Å². The first-order valence-corrected chi connectivity index (χ1v) is 5.61. The van der Waals surface area contributed by atoms with Crippen molar-refractivity contribution in [2.24, 2.45) is 5.73 Å². The number of ether oxygens (including phenoxy) is 1. The fourth-order valence-electron chi connectivity index (χ4n) is 1.37. The fraction of sp³-hybridized carbons (Fsp3) is 0.0833. The van der Waals surface area contributed by atoms with E-state index in [0.29, 0.717) is 0 Å². The second kappa shape index (κ2) is 4.97. The van der Waals surface area contributed by atoms with Crippen LogP contribution in [0, 0.1) is 6.92 Å². The summed E-state index contributed by atoms with van der Waals surface area (Å²) in [7, 11) is 0. The molecular weight excluding hydrogens is 250 g/mol. The maximum absolute atomic E-state index is 11.1. The van der Waals surface area contributed by atoms with Crippen molar-refractivity contribution >= 4 is 23.2 Å². The predicted molar refractivity (Wildman–Crippen MR) is 70.6 cm³/mol. The number of hydrogen-bond donors (Lipinski definition) is 2. The van der Waals surface area contributed by atoms with Crippen LogP contribution in [0.15, 0.2) is 30.6 Å². The number of carbonyl (C=O) groups is 1. The average Bonchev–Trinajstić information content (AvgIpc) is 2.78. The van der Waals surface area contributed by atoms with Crippen LogP contribution in [0.25, 0.3) is 0 Å². The van der Waals surface area contributed by atoms with Crippen molar-refractivity contribution in [3.8, 4) is 5.88 Å². The van der Waals surface area contributed by atoms with E-state index in [2.05, 4.69) is 9.97 Å². The van der Waals surface area contributed by atoms with Crippen molar-refractivity contribution in [2.75, 3.05) is 0 Å². The summed E-state index contributed by atoms with van der Waals surface area (Å²) < 4.78 is 5.36. The first-order valence-electron chi connectivity index (χ1n) is 5.20. The quantitative estimate of drug-likeness (QED) is 0.822. The highest BCUT2D eigenvalue weighted by atomic mass is 32.1. The Hall–Kier alpha value is -2.21. The number of H-pyrrole nitrogens is 1. The molecule has 0 unspecified atom stereocenters. The molecule has 0 spiro atoms. The number of carbonyl (C=O) groups excluding carboxylic acids is 1. The summed E-state index contributed by atoms with van der Waals surface area (Å²) in [6.45, 7) is 1.98. The highest BCUT2D eigenvalue weighted by Gasteiger charge is 2.14. The topological polar surface area (TPSA) is 81.0 Å². The van der Waals surface area contributed by atoms with Crippen LogP contribution >= 0.6 is 12.2 Å². The summed E-state index contributed by atoms with van der Waals surface area (Å²) in [5.41, 5.74) is 7.13. The zero-order valence-corrected chi connectivity index (χ0v) is 10.5. The van der Waals surface area contributed by atoms with Crippen LogP contribution in [0.4, 0.5) is 0 Å². The molecule has 0 aliphatic carbocycles. The van der Waals surface area contributed by atoms with E-state index in [9.17, 15) is 4.79 Å². The third kappa shape index (κ3) is 2.54. The lowest BCUT2D eigenvalue weighted by Gasteiger charge is -2.05. The van der Waals surface area contributed by atoms with Crippen LogP contribution in [0.2, 0.25) is 0 Å². The van der Waals surface area contributed by atoms with Gasteiger partial charge in [-0.05, 0) is 19.1 Å². The highest BCUT2D eigenvalue weighted by molar-refractivity contribution is 7.80. The largest absolute Gasteiger partial charge is 0.424 e. The second-order valence-electron chi connectivity index (χ2n) is 3.70. The number of primary amides is 1. The molecule has 6 heteroatoms. The van der Waals surface area contributed by atoms with Gasteiger partial charge in [0.05, 0.1) is 6.33 Å². The van der Waals surface area contributed by atoms with E-state index in [-0.39, 0.29) is 16.6 Å². The molecule has 92 valence electrons. The van der Waals surface area contributed by atoms with Gasteiger partial charge >= 0.3 is 0 Å². The van der Waals surface area contributed by atoms with Crippen LogP contribution in [-0.2, 0) is 0 Å². The summed E-state index contributed by atoms with van der Waals surface area (Å²) in [5, 5.41) is 0.240. The molecule has 3 N–H and O–H groups in total. The summed E-state index contributed by atoms with van der Waals surface area (Å²) >= 11 is 5.13. The van der Waals surface area contributed by atoms with E-state index >= 15 is 0 Å². The van der Waals surface area contributed by atoms with E-state index < -0.39 is 5.91 Å². The number of thiocarbonyl (C=S) groups is 1. The maximum atomic E-state index is 11.1. The van der Waals surface area contributed by atoms with Crippen molar-refractivity contribution < 1.29 is 9.53 Å². The van der Waals surface area contributed by atoms with Crippen molar-refractivity contribution in [2.45, 2.75) is 6.92 Å². The maximum Gasteiger partial charge on any atom is 0.270 e. The summed E-state index contributed by atoms with van der Waals surface area (Å²) in [6, 6.07) is 7.53. The Labute approximate surface area is 109 Å². The number of benzene rings is 1. The molecule has 0 radical (unpaired) electrons. The van der Waals surface area contributed by atoms with Gasteiger partial charge in [0.25, 0.3) is 11.8 Å². The third-order valence-corrected chi connectivity index (χ3v) is 2.65. The molecule has 0 saturated heterocycles. The molecule has 0 fully saturated rings. The van der Waals surface area contributed by atoms with Crippen LogP contribution in [0.1, 0.15) is 21.6 Å². The molecular formula is C12H11N3O2S.